The summed E-state index contributed by atoms with van der Waals surface area (Å²) in [5.41, 5.74) is 4.12. The second kappa shape index (κ2) is 6.20. The van der Waals surface area contributed by atoms with Gasteiger partial charge in [-0.25, -0.2) is 4.79 Å². The Balaban J connectivity index is 2.09. The van der Waals surface area contributed by atoms with Gasteiger partial charge >= 0.3 is 6.03 Å². The lowest BCUT2D eigenvalue weighted by Crippen LogP contribution is -2.23. The van der Waals surface area contributed by atoms with Gasteiger partial charge in [-0.3, -0.25) is 0 Å². The summed E-state index contributed by atoms with van der Waals surface area (Å²) in [7, 11) is 0. The number of benzene rings is 1. The first kappa shape index (κ1) is 15.2. The highest BCUT2D eigenvalue weighted by molar-refractivity contribution is 5.78. The third-order valence-corrected chi connectivity index (χ3v) is 3.88. The molecule has 3 aromatic rings. The minimum absolute atomic E-state index is 0.254. The molecule has 0 saturated carbocycles. The predicted octanol–water partition coefficient (Wildman–Crippen LogP) is 3.62. The van der Waals surface area contributed by atoms with Gasteiger partial charge in [-0.05, 0) is 30.0 Å². The van der Waals surface area contributed by atoms with Gasteiger partial charge in [-0.15, -0.1) is 0 Å². The molecule has 5 nitrogen and oxygen atoms in total. The van der Waals surface area contributed by atoms with Crippen LogP contribution in [0.15, 0.2) is 48.8 Å². The summed E-state index contributed by atoms with van der Waals surface area (Å²) in [6.45, 7) is 6.21. The Bertz CT molecular complexity index is 801. The van der Waals surface area contributed by atoms with Gasteiger partial charge in [0.15, 0.2) is 0 Å². The molecule has 0 bridgehead atoms. The fourth-order valence-electron chi connectivity index (χ4n) is 2.93. The highest BCUT2D eigenvalue weighted by Gasteiger charge is 2.22. The van der Waals surface area contributed by atoms with E-state index in [2.05, 4.69) is 36.2 Å². The Kier molecular flexibility index (Phi) is 4.10. The molecule has 23 heavy (non-hydrogen) atoms. The van der Waals surface area contributed by atoms with Crippen molar-refractivity contribution in [2.75, 3.05) is 0 Å². The third kappa shape index (κ3) is 2.95. The van der Waals surface area contributed by atoms with Crippen LogP contribution < -0.4 is 0 Å². The minimum atomic E-state index is -0.254. The average Bonchev–Trinajstić information content (AvgIpc) is 3.16. The van der Waals surface area contributed by atoms with Crippen molar-refractivity contribution in [2.24, 2.45) is 0 Å². The van der Waals surface area contributed by atoms with Crippen LogP contribution >= 0.6 is 0 Å². The molecular weight excluding hydrogens is 288 g/mol. The Labute approximate surface area is 135 Å². The smallest absolute Gasteiger partial charge is 0.244 e. The normalized spacial score (nSPS) is 11.1. The van der Waals surface area contributed by atoms with Crippen LogP contribution in [0.1, 0.15) is 42.3 Å². The number of aromatic nitrogens is 4. The van der Waals surface area contributed by atoms with E-state index in [0.717, 1.165) is 22.5 Å². The minimum Gasteiger partial charge on any atom is -0.244 e. The lowest BCUT2D eigenvalue weighted by molar-refractivity contribution is 0.237. The molecule has 1 aromatic carbocycles. The first-order valence-electron chi connectivity index (χ1n) is 7.74. The molecule has 5 heteroatoms. The van der Waals surface area contributed by atoms with Gasteiger partial charge in [0.05, 0.1) is 11.4 Å². The van der Waals surface area contributed by atoms with Gasteiger partial charge in [0.1, 0.15) is 0 Å². The molecular formula is C18H20N4O. The molecule has 0 spiro atoms. The quantitative estimate of drug-likeness (QED) is 0.742. The van der Waals surface area contributed by atoms with E-state index in [1.165, 1.54) is 9.36 Å². The molecule has 0 fully saturated rings. The van der Waals surface area contributed by atoms with E-state index < -0.39 is 0 Å². The Morgan fingerprint density at radius 1 is 1.17 bits per heavy atom. The van der Waals surface area contributed by atoms with Crippen molar-refractivity contribution in [1.29, 1.82) is 0 Å². The van der Waals surface area contributed by atoms with Crippen molar-refractivity contribution in [2.45, 2.75) is 33.1 Å². The molecule has 2 aromatic heterocycles. The predicted molar refractivity (Wildman–Crippen MR) is 88.7 cm³/mol. The molecule has 0 unspecified atom stereocenters. The van der Waals surface area contributed by atoms with Crippen molar-refractivity contribution in [3.8, 4) is 0 Å². The topological polar surface area (TPSA) is 52.7 Å². The zero-order chi connectivity index (χ0) is 16.4. The van der Waals surface area contributed by atoms with Crippen molar-refractivity contribution in [3.05, 3.63) is 71.3 Å². The standard InChI is InChI=1S/C18H20N4O/c1-13(2)17-14(3)20-22(18(23)21-11-7-10-19-21)16(17)12-15-8-5-4-6-9-15/h4-11,13H,12H2,1-3H3. The lowest BCUT2D eigenvalue weighted by atomic mass is 9.97. The molecule has 0 atom stereocenters. The number of hydrogen-bond acceptors (Lipinski definition) is 3. The van der Waals surface area contributed by atoms with Gasteiger partial charge in [0.25, 0.3) is 0 Å². The second-order valence-electron chi connectivity index (χ2n) is 5.91. The maximum Gasteiger partial charge on any atom is 0.369 e. The van der Waals surface area contributed by atoms with Crippen LogP contribution in [0.3, 0.4) is 0 Å². The number of hydrogen-bond donors (Lipinski definition) is 0. The lowest BCUT2D eigenvalue weighted by Gasteiger charge is -2.11. The SMILES string of the molecule is Cc1nn(C(=O)n2cccn2)c(Cc2ccccc2)c1C(C)C. The van der Waals surface area contributed by atoms with Crippen molar-refractivity contribution in [3.63, 3.8) is 0 Å². The van der Waals surface area contributed by atoms with E-state index in [1.807, 2.05) is 25.1 Å². The Hall–Kier alpha value is -2.69. The third-order valence-electron chi connectivity index (χ3n) is 3.88. The van der Waals surface area contributed by atoms with Crippen LogP contribution in [-0.2, 0) is 6.42 Å². The maximum atomic E-state index is 12.7. The van der Waals surface area contributed by atoms with E-state index in [9.17, 15) is 4.79 Å². The first-order valence-corrected chi connectivity index (χ1v) is 7.74. The van der Waals surface area contributed by atoms with Gasteiger partial charge in [-0.2, -0.15) is 19.6 Å². The summed E-state index contributed by atoms with van der Waals surface area (Å²) in [6, 6.07) is 11.6. The number of nitrogens with zero attached hydrogens (tertiary/aromatic N) is 4. The highest BCUT2D eigenvalue weighted by atomic mass is 16.2. The van der Waals surface area contributed by atoms with Crippen LogP contribution in [0, 0.1) is 6.92 Å². The number of carbonyl (C=O) groups is 1. The Morgan fingerprint density at radius 3 is 2.52 bits per heavy atom. The molecule has 3 rings (SSSR count). The molecule has 0 aliphatic heterocycles. The molecule has 0 saturated heterocycles. The zero-order valence-corrected chi connectivity index (χ0v) is 13.6. The molecule has 0 amide bonds. The van der Waals surface area contributed by atoms with Crippen LogP contribution in [0.2, 0.25) is 0 Å². The van der Waals surface area contributed by atoms with Gasteiger partial charge in [-0.1, -0.05) is 44.2 Å². The molecule has 0 N–H and O–H groups in total. The summed E-state index contributed by atoms with van der Waals surface area (Å²) in [5, 5.41) is 8.52. The summed E-state index contributed by atoms with van der Waals surface area (Å²) < 4.78 is 2.80. The highest BCUT2D eigenvalue weighted by Crippen LogP contribution is 2.25. The monoisotopic (exact) mass is 308 g/mol. The first-order chi connectivity index (χ1) is 11.1. The van der Waals surface area contributed by atoms with Crippen LogP contribution in [0.5, 0.6) is 0 Å². The van der Waals surface area contributed by atoms with E-state index in [1.54, 1.807) is 18.5 Å². The van der Waals surface area contributed by atoms with Gasteiger partial charge in [0.2, 0.25) is 0 Å². The number of aryl methyl sites for hydroxylation is 1. The van der Waals surface area contributed by atoms with Gasteiger partial charge < -0.3 is 0 Å². The van der Waals surface area contributed by atoms with Gasteiger partial charge in [0, 0.05) is 18.8 Å². The summed E-state index contributed by atoms with van der Waals surface area (Å²) in [5.74, 6) is 0.299. The maximum absolute atomic E-state index is 12.7. The van der Waals surface area contributed by atoms with E-state index >= 15 is 0 Å². The van der Waals surface area contributed by atoms with Crippen LogP contribution in [0.25, 0.3) is 0 Å². The van der Waals surface area contributed by atoms with E-state index in [-0.39, 0.29) is 6.03 Å². The van der Waals surface area contributed by atoms with Crippen molar-refractivity contribution >= 4 is 6.03 Å². The molecule has 118 valence electrons. The molecule has 0 aliphatic rings. The molecule has 0 radical (unpaired) electrons. The molecule has 0 aliphatic carbocycles. The average molecular weight is 308 g/mol. The van der Waals surface area contributed by atoms with Crippen molar-refractivity contribution in [1.82, 2.24) is 19.6 Å². The summed E-state index contributed by atoms with van der Waals surface area (Å²) >= 11 is 0. The second-order valence-corrected chi connectivity index (χ2v) is 5.91. The summed E-state index contributed by atoms with van der Waals surface area (Å²) in [6.07, 6.45) is 3.90. The zero-order valence-electron chi connectivity index (χ0n) is 13.6. The number of carbonyl (C=O) groups excluding carboxylic acids is 1. The Morgan fingerprint density at radius 2 is 1.91 bits per heavy atom. The van der Waals surface area contributed by atoms with Crippen LogP contribution in [-0.4, -0.2) is 25.6 Å². The largest absolute Gasteiger partial charge is 0.369 e. The van der Waals surface area contributed by atoms with E-state index in [0.29, 0.717) is 12.3 Å². The van der Waals surface area contributed by atoms with E-state index in [4.69, 9.17) is 0 Å². The summed E-state index contributed by atoms with van der Waals surface area (Å²) in [4.78, 5) is 12.7. The fraction of sp³-hybridized carbons (Fsp3) is 0.278. The fourth-order valence-corrected chi connectivity index (χ4v) is 2.93. The van der Waals surface area contributed by atoms with Crippen LogP contribution in [0.4, 0.5) is 4.79 Å². The number of rotatable bonds is 3. The van der Waals surface area contributed by atoms with Crippen molar-refractivity contribution < 1.29 is 4.79 Å². The molecule has 2 heterocycles.